The van der Waals surface area contributed by atoms with Crippen LogP contribution in [-0.4, -0.2) is 67.6 Å². The molecule has 1 aromatic rings. The van der Waals surface area contributed by atoms with E-state index in [1.807, 2.05) is 0 Å². The number of piperidine rings is 3. The lowest BCUT2D eigenvalue weighted by Gasteiger charge is -2.52. The predicted molar refractivity (Wildman–Crippen MR) is 97.7 cm³/mol. The molecule has 6 aliphatic rings. The van der Waals surface area contributed by atoms with Crippen LogP contribution in [0.25, 0.3) is 0 Å². The van der Waals surface area contributed by atoms with Crippen molar-refractivity contribution in [3.63, 3.8) is 0 Å². The first-order valence-electron chi connectivity index (χ1n) is 10.4. The summed E-state index contributed by atoms with van der Waals surface area (Å²) in [7, 11) is 0. The highest BCUT2D eigenvalue weighted by molar-refractivity contribution is 5.46. The average molecular weight is 356 g/mol. The molecule has 0 saturated carbocycles. The molecule has 5 heteroatoms. The molecule has 6 heterocycles. The van der Waals surface area contributed by atoms with Crippen molar-refractivity contribution in [2.75, 3.05) is 39.6 Å². The first-order valence-corrected chi connectivity index (χ1v) is 10.4. The molecule has 0 spiro atoms. The van der Waals surface area contributed by atoms with Gasteiger partial charge in [0.2, 0.25) is 6.79 Å². The van der Waals surface area contributed by atoms with Crippen molar-refractivity contribution in [1.82, 2.24) is 9.80 Å². The van der Waals surface area contributed by atoms with Gasteiger partial charge in [-0.1, -0.05) is 6.07 Å². The Morgan fingerprint density at radius 3 is 2.54 bits per heavy atom. The summed E-state index contributed by atoms with van der Waals surface area (Å²) >= 11 is 0. The topological polar surface area (TPSA) is 34.2 Å². The average Bonchev–Trinajstić information content (AvgIpc) is 3.35. The van der Waals surface area contributed by atoms with Gasteiger partial charge in [-0.25, -0.2) is 0 Å². The van der Waals surface area contributed by atoms with Crippen molar-refractivity contribution < 1.29 is 14.2 Å². The van der Waals surface area contributed by atoms with Crippen molar-refractivity contribution >= 4 is 0 Å². The minimum Gasteiger partial charge on any atom is -0.454 e. The minimum absolute atomic E-state index is 0.359. The Balaban J connectivity index is 1.36. The smallest absolute Gasteiger partial charge is 0.231 e. The third kappa shape index (κ3) is 2.33. The monoisotopic (exact) mass is 356 g/mol. The highest BCUT2D eigenvalue weighted by atomic mass is 16.7. The summed E-state index contributed by atoms with van der Waals surface area (Å²) in [4.78, 5) is 5.68. The second-order valence-corrected chi connectivity index (χ2v) is 8.61. The molecule has 0 amide bonds. The lowest BCUT2D eigenvalue weighted by Crippen LogP contribution is -2.61. The van der Waals surface area contributed by atoms with E-state index in [4.69, 9.17) is 14.2 Å². The van der Waals surface area contributed by atoms with Gasteiger partial charge in [0, 0.05) is 43.8 Å². The molecule has 5 saturated heterocycles. The number of benzene rings is 1. The summed E-state index contributed by atoms with van der Waals surface area (Å²) in [6.07, 6.45) is 5.16. The van der Waals surface area contributed by atoms with Crippen LogP contribution in [-0.2, 0) is 4.74 Å². The van der Waals surface area contributed by atoms with E-state index in [1.54, 1.807) is 0 Å². The Hall–Kier alpha value is -1.30. The Morgan fingerprint density at radius 2 is 1.69 bits per heavy atom. The molecular formula is C21H28N2O3. The molecule has 0 N–H and O–H groups in total. The third-order valence-corrected chi connectivity index (χ3v) is 7.52. The van der Waals surface area contributed by atoms with Crippen molar-refractivity contribution in [3.05, 3.63) is 23.8 Å². The van der Waals surface area contributed by atoms with E-state index in [9.17, 15) is 0 Å². The molecule has 0 aliphatic carbocycles. The standard InChI is InChI=1S/C21H28N2O3/c1-2-18-19(26-13-25-18)11-15(1)17-12-23(16-5-9-24-10-6-16)20-14-3-7-22(8-4-14)21(17)20/h1-2,11,14,16-17,20-21H,3-10,12-13H2/t17-,20+,21+/m0/s1. The molecule has 3 atom stereocenters. The molecule has 0 radical (unpaired) electrons. The number of nitrogens with zero attached hydrogens (tertiary/aromatic N) is 2. The normalized spacial score (nSPS) is 39.3. The summed E-state index contributed by atoms with van der Waals surface area (Å²) in [5.41, 5.74) is 1.44. The number of rotatable bonds is 2. The van der Waals surface area contributed by atoms with Crippen LogP contribution >= 0.6 is 0 Å². The van der Waals surface area contributed by atoms with Gasteiger partial charge < -0.3 is 14.2 Å². The van der Waals surface area contributed by atoms with E-state index in [-0.39, 0.29) is 0 Å². The predicted octanol–water partition coefficient (Wildman–Crippen LogP) is 2.46. The molecule has 6 aliphatic heterocycles. The van der Waals surface area contributed by atoms with Gasteiger partial charge in [0.15, 0.2) is 11.5 Å². The van der Waals surface area contributed by atoms with Crippen molar-refractivity contribution in [2.24, 2.45) is 5.92 Å². The van der Waals surface area contributed by atoms with Gasteiger partial charge in [0.1, 0.15) is 0 Å². The lowest BCUT2D eigenvalue weighted by atomic mass is 9.75. The van der Waals surface area contributed by atoms with Gasteiger partial charge >= 0.3 is 0 Å². The van der Waals surface area contributed by atoms with Crippen LogP contribution in [0.3, 0.4) is 0 Å². The van der Waals surface area contributed by atoms with Gasteiger partial charge in [0.25, 0.3) is 0 Å². The number of fused-ring (bicyclic) bond motifs is 3. The zero-order valence-electron chi connectivity index (χ0n) is 15.3. The molecule has 0 aromatic heterocycles. The van der Waals surface area contributed by atoms with E-state index in [0.717, 1.165) is 36.7 Å². The zero-order chi connectivity index (χ0) is 17.1. The van der Waals surface area contributed by atoms with Crippen LogP contribution in [0.5, 0.6) is 11.5 Å². The maximum Gasteiger partial charge on any atom is 0.231 e. The van der Waals surface area contributed by atoms with Crippen LogP contribution < -0.4 is 9.47 Å². The summed E-state index contributed by atoms with van der Waals surface area (Å²) in [5.74, 6) is 3.29. The molecule has 5 nitrogen and oxygen atoms in total. The van der Waals surface area contributed by atoms with Crippen molar-refractivity contribution in [3.8, 4) is 11.5 Å². The maximum atomic E-state index is 5.67. The summed E-state index contributed by atoms with van der Waals surface area (Å²) in [6.45, 7) is 5.98. The van der Waals surface area contributed by atoms with E-state index in [1.165, 1.54) is 50.9 Å². The van der Waals surface area contributed by atoms with Gasteiger partial charge in [-0.2, -0.15) is 0 Å². The number of ether oxygens (including phenoxy) is 3. The minimum atomic E-state index is 0.359. The van der Waals surface area contributed by atoms with Crippen LogP contribution in [0.1, 0.15) is 37.2 Å². The summed E-state index contributed by atoms with van der Waals surface area (Å²) in [5, 5.41) is 0. The molecule has 5 fully saturated rings. The van der Waals surface area contributed by atoms with Gasteiger partial charge in [-0.05, 0) is 62.4 Å². The molecule has 2 bridgehead atoms. The van der Waals surface area contributed by atoms with E-state index in [2.05, 4.69) is 28.0 Å². The fourth-order valence-corrected chi connectivity index (χ4v) is 6.33. The first kappa shape index (κ1) is 15.7. The van der Waals surface area contributed by atoms with Crippen molar-refractivity contribution in [2.45, 2.75) is 49.7 Å². The lowest BCUT2D eigenvalue weighted by molar-refractivity contribution is -0.0389. The highest BCUT2D eigenvalue weighted by Gasteiger charge is 2.54. The van der Waals surface area contributed by atoms with Gasteiger partial charge in [-0.15, -0.1) is 0 Å². The summed E-state index contributed by atoms with van der Waals surface area (Å²) in [6, 6.07) is 8.75. The second kappa shape index (κ2) is 6.11. The second-order valence-electron chi connectivity index (χ2n) is 8.61. The fraction of sp³-hybridized carbons (Fsp3) is 0.714. The van der Waals surface area contributed by atoms with E-state index < -0.39 is 0 Å². The molecule has 7 rings (SSSR count). The molecule has 0 unspecified atom stereocenters. The quantitative estimate of drug-likeness (QED) is 0.813. The Kier molecular flexibility index (Phi) is 3.70. The Labute approximate surface area is 155 Å². The number of likely N-dealkylation sites (tertiary alicyclic amines) is 1. The van der Waals surface area contributed by atoms with Gasteiger partial charge in [-0.3, -0.25) is 9.80 Å². The SMILES string of the molecule is c1cc2c(cc1[C@@H]1CN(C3CCOCC3)[C@@H]3C4CCN(CC4)[C@@H]31)OCO2. The van der Waals surface area contributed by atoms with E-state index >= 15 is 0 Å². The number of hydrogen-bond donors (Lipinski definition) is 0. The molecule has 26 heavy (non-hydrogen) atoms. The van der Waals surface area contributed by atoms with Crippen LogP contribution in [0.4, 0.5) is 0 Å². The zero-order valence-corrected chi connectivity index (χ0v) is 15.3. The number of hydrogen-bond acceptors (Lipinski definition) is 5. The Morgan fingerprint density at radius 1 is 0.885 bits per heavy atom. The third-order valence-electron chi connectivity index (χ3n) is 7.52. The molecular weight excluding hydrogens is 328 g/mol. The summed E-state index contributed by atoms with van der Waals surface area (Å²) < 4.78 is 16.9. The van der Waals surface area contributed by atoms with E-state index in [0.29, 0.717) is 24.8 Å². The van der Waals surface area contributed by atoms with Crippen LogP contribution in [0, 0.1) is 5.92 Å². The van der Waals surface area contributed by atoms with Gasteiger partial charge in [0.05, 0.1) is 0 Å². The van der Waals surface area contributed by atoms with Crippen LogP contribution in [0.2, 0.25) is 0 Å². The highest BCUT2D eigenvalue weighted by Crippen LogP contribution is 2.49. The molecule has 140 valence electrons. The van der Waals surface area contributed by atoms with Crippen LogP contribution in [0.15, 0.2) is 18.2 Å². The largest absolute Gasteiger partial charge is 0.454 e. The first-order chi connectivity index (χ1) is 12.9. The Bertz CT molecular complexity index is 682. The molecule has 1 aromatic carbocycles. The maximum absolute atomic E-state index is 5.67. The van der Waals surface area contributed by atoms with Crippen molar-refractivity contribution in [1.29, 1.82) is 0 Å². The fourth-order valence-electron chi connectivity index (χ4n) is 6.33.